The molecule has 1 fully saturated rings. The van der Waals surface area contributed by atoms with Crippen LogP contribution in [0.4, 0.5) is 0 Å². The predicted molar refractivity (Wildman–Crippen MR) is 104 cm³/mol. The van der Waals surface area contributed by atoms with E-state index in [1.807, 2.05) is 0 Å². The molecule has 2 aliphatic heterocycles. The van der Waals surface area contributed by atoms with Crippen LogP contribution in [0.2, 0.25) is 0 Å². The molecular formula is C16H22N6O5S2. The average Bonchev–Trinajstić information content (AvgIpc) is 3.08. The molecule has 3 rings (SSSR count). The molecule has 2 unspecified atom stereocenters. The van der Waals surface area contributed by atoms with Crippen LogP contribution in [0.25, 0.3) is 0 Å². The Morgan fingerprint density at radius 3 is 2.69 bits per heavy atom. The minimum Gasteiger partial charge on any atom is -0.427 e. The van der Waals surface area contributed by atoms with Crippen LogP contribution in [-0.2, 0) is 30.9 Å². The van der Waals surface area contributed by atoms with Crippen molar-refractivity contribution >= 4 is 41.4 Å². The fourth-order valence-corrected chi connectivity index (χ4v) is 4.88. The summed E-state index contributed by atoms with van der Waals surface area (Å²) < 4.78 is 11.6. The van der Waals surface area contributed by atoms with Crippen LogP contribution in [0, 0.1) is 5.41 Å². The lowest BCUT2D eigenvalue weighted by Gasteiger charge is -2.48. The molecule has 2 atom stereocenters. The van der Waals surface area contributed by atoms with Crippen molar-refractivity contribution in [3.05, 3.63) is 11.3 Å². The van der Waals surface area contributed by atoms with Gasteiger partial charge >= 0.3 is 11.9 Å². The van der Waals surface area contributed by atoms with Crippen molar-refractivity contribution in [2.45, 2.75) is 37.3 Å². The van der Waals surface area contributed by atoms with Crippen LogP contribution < -0.4 is 5.73 Å². The number of rotatable bonds is 6. The van der Waals surface area contributed by atoms with E-state index in [1.165, 1.54) is 33.1 Å². The number of amides is 1. The maximum absolute atomic E-state index is 12.7. The lowest BCUT2D eigenvalue weighted by Crippen LogP contribution is -2.68. The molecular weight excluding hydrogens is 420 g/mol. The molecule has 0 spiro atoms. The number of hydrogen-bond acceptors (Lipinski definition) is 11. The fourth-order valence-electron chi connectivity index (χ4n) is 2.60. The Kier molecular flexibility index (Phi) is 6.19. The number of carbonyl (C=O) groups is 3. The van der Waals surface area contributed by atoms with Crippen LogP contribution >= 0.6 is 23.5 Å². The summed E-state index contributed by atoms with van der Waals surface area (Å²) in [7, 11) is 1.71. The molecule has 0 aromatic carbocycles. The summed E-state index contributed by atoms with van der Waals surface area (Å²) in [5.74, 6) is -0.678. The molecule has 11 nitrogen and oxygen atoms in total. The number of thioether (sulfide) groups is 2. The van der Waals surface area contributed by atoms with Gasteiger partial charge in [-0.3, -0.25) is 14.5 Å². The topological polar surface area (TPSA) is 143 Å². The maximum atomic E-state index is 12.7. The summed E-state index contributed by atoms with van der Waals surface area (Å²) in [4.78, 5) is 38.2. The standard InChI is InChI=1S/C16H22N6O5S2/c1-16(2,3)14(25)27-7-26-13(24)10-8(6-29-15-18-19-20-21(15)4)5-28-12-9(17)11(23)22(10)12/h9,12H,5-7,17H2,1-4H3. The SMILES string of the molecule is Cn1nnnc1SCC1=C(C(=O)OCOC(=O)C(C)(C)C)N2C(=O)C(N)C2SC1. The Morgan fingerprint density at radius 2 is 2.07 bits per heavy atom. The molecule has 1 aromatic heterocycles. The molecule has 1 aromatic rings. The molecule has 158 valence electrons. The number of aromatic nitrogens is 4. The Bertz CT molecular complexity index is 864. The number of aryl methyl sites for hydroxylation is 1. The lowest BCUT2D eigenvalue weighted by atomic mass is 9.98. The van der Waals surface area contributed by atoms with Gasteiger partial charge in [-0.15, -0.1) is 16.9 Å². The summed E-state index contributed by atoms with van der Waals surface area (Å²) in [6, 6.07) is -0.654. The minimum atomic E-state index is -0.732. The zero-order valence-corrected chi connectivity index (χ0v) is 18.1. The van der Waals surface area contributed by atoms with E-state index in [1.54, 1.807) is 27.8 Å². The summed E-state index contributed by atoms with van der Waals surface area (Å²) in [5, 5.41) is 11.5. The van der Waals surface area contributed by atoms with Gasteiger partial charge in [0.15, 0.2) is 0 Å². The Labute approximate surface area is 175 Å². The van der Waals surface area contributed by atoms with E-state index in [0.717, 1.165) is 0 Å². The first kappa shape index (κ1) is 21.6. The molecule has 3 heterocycles. The van der Waals surface area contributed by atoms with E-state index in [2.05, 4.69) is 15.5 Å². The highest BCUT2D eigenvalue weighted by atomic mass is 32.2. The zero-order chi connectivity index (χ0) is 21.3. The van der Waals surface area contributed by atoms with Crippen LogP contribution in [0.15, 0.2) is 16.4 Å². The van der Waals surface area contributed by atoms with Gasteiger partial charge in [0, 0.05) is 18.6 Å². The van der Waals surface area contributed by atoms with E-state index in [9.17, 15) is 14.4 Å². The molecule has 2 N–H and O–H groups in total. The van der Waals surface area contributed by atoms with Gasteiger partial charge in [-0.25, -0.2) is 9.48 Å². The van der Waals surface area contributed by atoms with Crippen molar-refractivity contribution < 1.29 is 23.9 Å². The van der Waals surface area contributed by atoms with E-state index in [0.29, 0.717) is 22.2 Å². The summed E-state index contributed by atoms with van der Waals surface area (Å²) in [6.45, 7) is 4.55. The van der Waals surface area contributed by atoms with Gasteiger partial charge < -0.3 is 15.2 Å². The number of carbonyl (C=O) groups excluding carboxylic acids is 3. The minimum absolute atomic E-state index is 0.148. The predicted octanol–water partition coefficient (Wildman–Crippen LogP) is -0.111. The molecule has 1 amide bonds. The molecule has 13 heteroatoms. The van der Waals surface area contributed by atoms with Gasteiger partial charge in [-0.2, -0.15) is 0 Å². The fraction of sp³-hybridized carbons (Fsp3) is 0.625. The third-order valence-electron chi connectivity index (χ3n) is 4.23. The van der Waals surface area contributed by atoms with Crippen molar-refractivity contribution in [2.24, 2.45) is 18.2 Å². The monoisotopic (exact) mass is 442 g/mol. The van der Waals surface area contributed by atoms with Gasteiger partial charge in [-0.05, 0) is 36.8 Å². The summed E-state index contributed by atoms with van der Waals surface area (Å²) >= 11 is 2.82. The quantitative estimate of drug-likeness (QED) is 0.273. The molecule has 1 saturated heterocycles. The third kappa shape index (κ3) is 4.41. The second-order valence-corrected chi connectivity index (χ2v) is 9.54. The van der Waals surface area contributed by atoms with E-state index >= 15 is 0 Å². The van der Waals surface area contributed by atoms with Crippen molar-refractivity contribution in [2.75, 3.05) is 18.3 Å². The largest absolute Gasteiger partial charge is 0.427 e. The van der Waals surface area contributed by atoms with Crippen molar-refractivity contribution in [3.8, 4) is 0 Å². The van der Waals surface area contributed by atoms with E-state index < -0.39 is 30.2 Å². The van der Waals surface area contributed by atoms with Crippen molar-refractivity contribution in [3.63, 3.8) is 0 Å². The number of nitrogens with zero attached hydrogens (tertiary/aromatic N) is 5. The first-order chi connectivity index (χ1) is 13.6. The normalized spacial score (nSPS) is 21.6. The van der Waals surface area contributed by atoms with Gasteiger partial charge in [-0.1, -0.05) is 11.8 Å². The number of hydrogen-bond donors (Lipinski definition) is 1. The molecule has 0 radical (unpaired) electrons. The first-order valence-electron chi connectivity index (χ1n) is 8.73. The van der Waals surface area contributed by atoms with Gasteiger partial charge in [0.05, 0.1) is 5.41 Å². The number of tetrazole rings is 1. The van der Waals surface area contributed by atoms with Crippen LogP contribution in [-0.4, -0.2) is 72.7 Å². The number of fused-ring (bicyclic) bond motifs is 1. The maximum Gasteiger partial charge on any atom is 0.357 e. The van der Waals surface area contributed by atoms with Gasteiger partial charge in [0.25, 0.3) is 0 Å². The smallest absolute Gasteiger partial charge is 0.357 e. The average molecular weight is 443 g/mol. The van der Waals surface area contributed by atoms with E-state index in [-0.39, 0.29) is 17.0 Å². The van der Waals surface area contributed by atoms with Crippen molar-refractivity contribution in [1.29, 1.82) is 0 Å². The van der Waals surface area contributed by atoms with Crippen molar-refractivity contribution in [1.82, 2.24) is 25.1 Å². The van der Waals surface area contributed by atoms with Gasteiger partial charge in [0.2, 0.25) is 17.9 Å². The zero-order valence-electron chi connectivity index (χ0n) is 16.4. The highest BCUT2D eigenvalue weighted by Crippen LogP contribution is 2.41. The molecule has 2 aliphatic rings. The highest BCUT2D eigenvalue weighted by molar-refractivity contribution is 8.01. The van der Waals surface area contributed by atoms with Gasteiger partial charge in [0.1, 0.15) is 17.1 Å². The number of ether oxygens (including phenoxy) is 2. The third-order valence-corrected chi connectivity index (χ3v) is 6.69. The van der Waals surface area contributed by atoms with E-state index in [4.69, 9.17) is 15.2 Å². The summed E-state index contributed by atoms with van der Waals surface area (Å²) in [6.07, 6.45) is 0. The first-order valence-corrected chi connectivity index (χ1v) is 10.8. The molecule has 0 aliphatic carbocycles. The highest BCUT2D eigenvalue weighted by Gasteiger charge is 2.52. The second-order valence-electron chi connectivity index (χ2n) is 7.49. The lowest BCUT2D eigenvalue weighted by molar-refractivity contribution is -0.173. The second kappa shape index (κ2) is 8.32. The number of esters is 2. The Balaban J connectivity index is 1.73. The van der Waals surface area contributed by atoms with Crippen LogP contribution in [0.5, 0.6) is 0 Å². The Morgan fingerprint density at radius 1 is 1.34 bits per heavy atom. The number of β-lactam (4-membered cyclic amide) rings is 1. The summed E-state index contributed by atoms with van der Waals surface area (Å²) in [5.41, 5.74) is 5.98. The van der Waals surface area contributed by atoms with Crippen LogP contribution in [0.1, 0.15) is 20.8 Å². The molecule has 0 saturated carbocycles. The molecule has 0 bridgehead atoms. The number of nitrogens with two attached hydrogens (primary N) is 1. The molecule has 29 heavy (non-hydrogen) atoms. The Hall–Kier alpha value is -2.12. The van der Waals surface area contributed by atoms with Crippen LogP contribution in [0.3, 0.4) is 0 Å².